The van der Waals surface area contributed by atoms with Crippen LogP contribution in [-0.4, -0.2) is 16.9 Å². The summed E-state index contributed by atoms with van der Waals surface area (Å²) < 4.78 is 0. The van der Waals surface area contributed by atoms with Gasteiger partial charge in [0.25, 0.3) is 0 Å². The lowest BCUT2D eigenvalue weighted by Crippen LogP contribution is -2.28. The minimum atomic E-state index is 0. The molecular weight excluding hydrogens is 342 g/mol. The summed E-state index contributed by atoms with van der Waals surface area (Å²) in [5.41, 5.74) is 8.00. The van der Waals surface area contributed by atoms with Crippen molar-refractivity contribution in [3.63, 3.8) is 0 Å². The van der Waals surface area contributed by atoms with E-state index in [0.29, 0.717) is 17.5 Å². The number of benzene rings is 1. The van der Waals surface area contributed by atoms with Crippen LogP contribution in [-0.2, 0) is 4.79 Å². The number of amides is 1. The number of nitrogens with one attached hydrogen (secondary N) is 1. The summed E-state index contributed by atoms with van der Waals surface area (Å²) in [5, 5.41) is 5.48. The molecule has 4 nitrogen and oxygen atoms in total. The Morgan fingerprint density at radius 2 is 2.08 bits per heavy atom. The number of carbonyl (C=O) groups is 1. The SMILES string of the molecule is Cl.N[C@@H]1CCC[C@H]1CC(=O)Nc1nc(/C=C/c2ccccc2)cs1. The number of anilines is 1. The number of hydrogen-bond donors (Lipinski definition) is 2. The number of nitrogens with zero attached hydrogens (tertiary/aromatic N) is 1. The minimum Gasteiger partial charge on any atom is -0.327 e. The highest BCUT2D eigenvalue weighted by Crippen LogP contribution is 2.27. The average Bonchev–Trinajstić information content (AvgIpc) is 3.16. The lowest BCUT2D eigenvalue weighted by Gasteiger charge is -2.13. The van der Waals surface area contributed by atoms with Crippen LogP contribution < -0.4 is 11.1 Å². The second kappa shape index (κ2) is 8.97. The molecule has 2 atom stereocenters. The van der Waals surface area contributed by atoms with Crippen molar-refractivity contribution in [1.29, 1.82) is 0 Å². The first kappa shape index (κ1) is 18.6. The quantitative estimate of drug-likeness (QED) is 0.836. The molecule has 1 aliphatic carbocycles. The normalized spacial score (nSPS) is 20.0. The molecule has 2 aromatic rings. The van der Waals surface area contributed by atoms with Gasteiger partial charge in [0.1, 0.15) is 0 Å². The van der Waals surface area contributed by atoms with Crippen molar-refractivity contribution in [1.82, 2.24) is 4.98 Å². The molecule has 3 N–H and O–H groups in total. The van der Waals surface area contributed by atoms with Gasteiger partial charge in [-0.05, 0) is 30.4 Å². The van der Waals surface area contributed by atoms with Crippen molar-refractivity contribution < 1.29 is 4.79 Å². The molecule has 1 saturated carbocycles. The molecule has 0 unspecified atom stereocenters. The summed E-state index contributed by atoms with van der Waals surface area (Å²) in [5.74, 6) is 0.327. The molecule has 1 fully saturated rings. The molecule has 0 aliphatic heterocycles. The minimum absolute atomic E-state index is 0. The largest absolute Gasteiger partial charge is 0.327 e. The van der Waals surface area contributed by atoms with Crippen LogP contribution in [0.3, 0.4) is 0 Å². The summed E-state index contributed by atoms with van der Waals surface area (Å²) >= 11 is 1.45. The van der Waals surface area contributed by atoms with Crippen molar-refractivity contribution in [2.24, 2.45) is 11.7 Å². The zero-order chi connectivity index (χ0) is 16.1. The van der Waals surface area contributed by atoms with Gasteiger partial charge in [0.05, 0.1) is 5.69 Å². The highest BCUT2D eigenvalue weighted by atomic mass is 35.5. The lowest BCUT2D eigenvalue weighted by atomic mass is 10.00. The standard InChI is InChI=1S/C18H21N3OS.ClH/c19-16-8-4-7-14(16)11-17(22)21-18-20-15(12-23-18)10-9-13-5-2-1-3-6-13;/h1-3,5-6,9-10,12,14,16H,4,7-8,11,19H2,(H,20,21,22);1H/b10-9+;/t14-,16+;/m0./s1. The number of halogens is 1. The zero-order valence-corrected chi connectivity index (χ0v) is 15.0. The Bertz CT molecular complexity index is 687. The fraction of sp³-hybridized carbons (Fsp3) is 0.333. The molecule has 0 spiro atoms. The molecule has 1 heterocycles. The van der Waals surface area contributed by atoms with E-state index >= 15 is 0 Å². The molecule has 3 rings (SSSR count). The van der Waals surface area contributed by atoms with E-state index in [0.717, 1.165) is 30.5 Å². The fourth-order valence-corrected chi connectivity index (χ4v) is 3.59. The zero-order valence-electron chi connectivity index (χ0n) is 13.4. The van der Waals surface area contributed by atoms with Crippen LogP contribution in [0.1, 0.15) is 36.9 Å². The van der Waals surface area contributed by atoms with E-state index < -0.39 is 0 Å². The average molecular weight is 364 g/mol. The number of thiazole rings is 1. The second-order valence-electron chi connectivity index (χ2n) is 5.93. The Labute approximate surface area is 152 Å². The molecule has 128 valence electrons. The first-order chi connectivity index (χ1) is 11.2. The Balaban J connectivity index is 0.00000208. The smallest absolute Gasteiger partial charge is 0.226 e. The molecule has 0 bridgehead atoms. The predicted molar refractivity (Wildman–Crippen MR) is 103 cm³/mol. The van der Waals surface area contributed by atoms with Gasteiger partial charge in [0, 0.05) is 17.8 Å². The van der Waals surface area contributed by atoms with Crippen LogP contribution in [0.2, 0.25) is 0 Å². The van der Waals surface area contributed by atoms with E-state index in [9.17, 15) is 4.79 Å². The number of hydrogen-bond acceptors (Lipinski definition) is 4. The van der Waals surface area contributed by atoms with Crippen molar-refractivity contribution in [3.05, 3.63) is 47.0 Å². The maximum atomic E-state index is 12.1. The molecule has 1 aliphatic rings. The van der Waals surface area contributed by atoms with Gasteiger partial charge < -0.3 is 11.1 Å². The summed E-state index contributed by atoms with van der Waals surface area (Å²) in [6.07, 6.45) is 7.68. The monoisotopic (exact) mass is 363 g/mol. The van der Waals surface area contributed by atoms with Gasteiger partial charge in [0.15, 0.2) is 5.13 Å². The molecule has 6 heteroatoms. The fourth-order valence-electron chi connectivity index (χ4n) is 2.89. The van der Waals surface area contributed by atoms with Gasteiger partial charge in [-0.2, -0.15) is 0 Å². The highest BCUT2D eigenvalue weighted by Gasteiger charge is 2.26. The molecule has 0 radical (unpaired) electrons. The summed E-state index contributed by atoms with van der Waals surface area (Å²) in [7, 11) is 0. The molecule has 24 heavy (non-hydrogen) atoms. The van der Waals surface area contributed by atoms with Gasteiger partial charge >= 0.3 is 0 Å². The molecule has 1 amide bonds. The van der Waals surface area contributed by atoms with E-state index in [-0.39, 0.29) is 24.4 Å². The number of rotatable bonds is 5. The Kier molecular flexibility index (Phi) is 6.97. The number of nitrogens with two attached hydrogens (primary N) is 1. The Hall–Kier alpha value is -1.69. The lowest BCUT2D eigenvalue weighted by molar-refractivity contribution is -0.117. The van der Waals surface area contributed by atoms with E-state index in [4.69, 9.17) is 5.73 Å². The van der Waals surface area contributed by atoms with E-state index in [1.165, 1.54) is 11.3 Å². The van der Waals surface area contributed by atoms with Crippen molar-refractivity contribution >= 4 is 46.9 Å². The maximum Gasteiger partial charge on any atom is 0.226 e. The van der Waals surface area contributed by atoms with Gasteiger partial charge in [-0.3, -0.25) is 4.79 Å². The first-order valence-electron chi connectivity index (χ1n) is 7.95. The summed E-state index contributed by atoms with van der Waals surface area (Å²) in [6, 6.07) is 10.2. The topological polar surface area (TPSA) is 68.0 Å². The molecule has 1 aromatic heterocycles. The molecule has 1 aromatic carbocycles. The van der Waals surface area contributed by atoms with Crippen LogP contribution >= 0.6 is 23.7 Å². The van der Waals surface area contributed by atoms with Crippen LogP contribution in [0.5, 0.6) is 0 Å². The second-order valence-corrected chi connectivity index (χ2v) is 6.79. The predicted octanol–water partition coefficient (Wildman–Crippen LogP) is 4.19. The van der Waals surface area contributed by atoms with Crippen LogP contribution in [0.4, 0.5) is 5.13 Å². The van der Waals surface area contributed by atoms with Crippen molar-refractivity contribution in [2.75, 3.05) is 5.32 Å². The van der Waals surface area contributed by atoms with Gasteiger partial charge in [-0.1, -0.05) is 42.8 Å². The summed E-state index contributed by atoms with van der Waals surface area (Å²) in [4.78, 5) is 16.5. The van der Waals surface area contributed by atoms with Crippen molar-refractivity contribution in [2.45, 2.75) is 31.7 Å². The summed E-state index contributed by atoms with van der Waals surface area (Å²) in [6.45, 7) is 0. The van der Waals surface area contributed by atoms with Gasteiger partial charge in [0.2, 0.25) is 5.91 Å². The van der Waals surface area contributed by atoms with Gasteiger partial charge in [-0.25, -0.2) is 4.98 Å². The van der Waals surface area contributed by atoms with Crippen LogP contribution in [0, 0.1) is 5.92 Å². The number of aromatic nitrogens is 1. The molecular formula is C18H22ClN3OS. The highest BCUT2D eigenvalue weighted by molar-refractivity contribution is 7.14. The third-order valence-electron chi connectivity index (χ3n) is 4.18. The third kappa shape index (κ3) is 5.16. The van der Waals surface area contributed by atoms with E-state index in [2.05, 4.69) is 10.3 Å². The third-order valence-corrected chi connectivity index (χ3v) is 4.96. The Morgan fingerprint density at radius 1 is 1.29 bits per heavy atom. The van der Waals surface area contributed by atoms with Crippen LogP contribution in [0.25, 0.3) is 12.2 Å². The Morgan fingerprint density at radius 3 is 2.79 bits per heavy atom. The van der Waals surface area contributed by atoms with E-state index in [1.807, 2.05) is 47.9 Å². The molecule has 0 saturated heterocycles. The maximum absolute atomic E-state index is 12.1. The number of carbonyl (C=O) groups excluding carboxylic acids is 1. The first-order valence-corrected chi connectivity index (χ1v) is 8.83. The van der Waals surface area contributed by atoms with E-state index in [1.54, 1.807) is 0 Å². The van der Waals surface area contributed by atoms with Gasteiger partial charge in [-0.15, -0.1) is 23.7 Å². The van der Waals surface area contributed by atoms with Crippen LogP contribution in [0.15, 0.2) is 35.7 Å². The van der Waals surface area contributed by atoms with Crippen molar-refractivity contribution in [3.8, 4) is 0 Å².